The van der Waals surface area contributed by atoms with Gasteiger partial charge in [0.05, 0.1) is 5.57 Å². The van der Waals surface area contributed by atoms with Gasteiger partial charge in [-0.15, -0.1) is 5.76 Å². The molecule has 0 fully saturated rings. The Hall–Kier alpha value is -0.900. The van der Waals surface area contributed by atoms with Gasteiger partial charge in [0.25, 0.3) is 0 Å². The number of fused-ring (bicyclic) bond motifs is 1. The number of carbonyl (C=O) groups is 2. The summed E-state index contributed by atoms with van der Waals surface area (Å²) in [6, 6.07) is 6.54. The quantitative estimate of drug-likeness (QED) is 0.250. The Bertz CT molecular complexity index is 513. The van der Waals surface area contributed by atoms with Crippen LogP contribution in [0.5, 0.6) is 0 Å². The van der Waals surface area contributed by atoms with Crippen LogP contribution in [0.4, 0.5) is 0 Å². The topological polar surface area (TPSA) is 57.2 Å². The van der Waals surface area contributed by atoms with Crippen LogP contribution in [0.25, 0.3) is 0 Å². The Balaban J connectivity index is 0.00000162. The van der Waals surface area contributed by atoms with Crippen LogP contribution in [0.1, 0.15) is 41.5 Å². The molecule has 4 heteroatoms. The van der Waals surface area contributed by atoms with E-state index in [2.05, 4.69) is 0 Å². The minimum atomic E-state index is -0.720. The minimum absolute atomic E-state index is 0. The molecule has 0 spiro atoms. The summed E-state index contributed by atoms with van der Waals surface area (Å²) in [4.78, 5) is 24.0. The second-order valence-electron chi connectivity index (χ2n) is 5.16. The van der Waals surface area contributed by atoms with Crippen molar-refractivity contribution in [3.05, 3.63) is 46.7 Å². The molecule has 88 valence electrons. The summed E-state index contributed by atoms with van der Waals surface area (Å²) < 4.78 is 0. The third kappa shape index (κ3) is 2.30. The van der Waals surface area contributed by atoms with E-state index < -0.39 is 17.0 Å². The Morgan fingerprint density at radius 3 is 1.72 bits per heavy atom. The van der Waals surface area contributed by atoms with E-state index in [1.165, 1.54) is 0 Å². The number of carbonyl (C=O) groups excluding carboxylic acids is 2. The normalized spacial score (nSPS) is 14.3. The maximum Gasteiger partial charge on any atom is 1.00 e. The number of allylic oxidation sites excluding steroid dienone is 2. The molecule has 1 aliphatic rings. The number of hydrogen-bond donors (Lipinski definition) is 0. The molecule has 0 bridgehead atoms. The molecule has 0 heterocycles. The maximum atomic E-state index is 12.1. The monoisotopic (exact) mass is 252 g/mol. The third-order valence-electron chi connectivity index (χ3n) is 2.78. The number of benzene rings is 1. The zero-order valence-corrected chi connectivity index (χ0v) is 13.0. The summed E-state index contributed by atoms with van der Waals surface area (Å²) in [5.41, 5.74) is -0.239. The van der Waals surface area contributed by atoms with Gasteiger partial charge >= 0.3 is 29.6 Å². The van der Waals surface area contributed by atoms with Crippen LogP contribution in [0.2, 0.25) is 0 Å². The van der Waals surface area contributed by atoms with E-state index in [0.717, 1.165) is 0 Å². The van der Waals surface area contributed by atoms with Gasteiger partial charge in [0.15, 0.2) is 11.6 Å². The number of hydrogen-bond acceptors (Lipinski definition) is 3. The van der Waals surface area contributed by atoms with Gasteiger partial charge in [-0.1, -0.05) is 45.0 Å². The van der Waals surface area contributed by atoms with Crippen molar-refractivity contribution in [2.75, 3.05) is 0 Å². The van der Waals surface area contributed by atoms with Crippen LogP contribution >= 0.6 is 0 Å². The average Bonchev–Trinajstić information content (AvgIpc) is 2.51. The molecule has 0 saturated carbocycles. The predicted molar refractivity (Wildman–Crippen MR) is 61.6 cm³/mol. The molecule has 18 heavy (non-hydrogen) atoms. The summed E-state index contributed by atoms with van der Waals surface area (Å²) in [7, 11) is 0. The van der Waals surface area contributed by atoms with E-state index in [9.17, 15) is 14.7 Å². The maximum absolute atomic E-state index is 12.1. The van der Waals surface area contributed by atoms with Crippen LogP contribution < -0.4 is 34.7 Å². The molecule has 0 unspecified atom stereocenters. The van der Waals surface area contributed by atoms with E-state index in [-0.39, 0.29) is 40.9 Å². The van der Waals surface area contributed by atoms with Crippen molar-refractivity contribution in [1.82, 2.24) is 0 Å². The summed E-state index contributed by atoms with van der Waals surface area (Å²) in [5, 5.41) is 12.1. The largest absolute Gasteiger partial charge is 1.00 e. The van der Waals surface area contributed by atoms with Gasteiger partial charge in [-0.05, 0) is 5.41 Å². The standard InChI is InChI=1S/C14H14O3.Na/c1-14(2,3)13(17)10-11(15)8-6-4-5-7-9(8)12(10)16;/h4-7,17H,1-3H3;/q;+1/p-1. The number of Topliss-reactive ketones (excluding diaryl/α,β-unsaturated/α-hetero) is 2. The fourth-order valence-electron chi connectivity index (χ4n) is 1.83. The third-order valence-corrected chi connectivity index (χ3v) is 2.78. The zero-order chi connectivity index (χ0) is 12.8. The molecule has 0 saturated heterocycles. The van der Waals surface area contributed by atoms with E-state index in [1.54, 1.807) is 45.0 Å². The van der Waals surface area contributed by atoms with Gasteiger partial charge in [0.1, 0.15) is 0 Å². The van der Waals surface area contributed by atoms with E-state index in [4.69, 9.17) is 0 Å². The second kappa shape index (κ2) is 5.00. The van der Waals surface area contributed by atoms with E-state index in [0.29, 0.717) is 11.1 Å². The Morgan fingerprint density at radius 2 is 1.39 bits per heavy atom. The van der Waals surface area contributed by atoms with E-state index >= 15 is 0 Å². The summed E-state index contributed by atoms with van der Waals surface area (Å²) in [5.74, 6) is -1.26. The Kier molecular flexibility index (Phi) is 4.21. The molecule has 1 aromatic rings. The molecule has 1 aromatic carbocycles. The van der Waals surface area contributed by atoms with Gasteiger partial charge < -0.3 is 5.11 Å². The Morgan fingerprint density at radius 1 is 1.00 bits per heavy atom. The van der Waals surface area contributed by atoms with Crippen molar-refractivity contribution in [3.63, 3.8) is 0 Å². The first kappa shape index (κ1) is 15.2. The minimum Gasteiger partial charge on any atom is -0.874 e. The van der Waals surface area contributed by atoms with Crippen molar-refractivity contribution in [2.24, 2.45) is 5.41 Å². The molecule has 0 atom stereocenters. The molecular weight excluding hydrogens is 239 g/mol. The van der Waals surface area contributed by atoms with Gasteiger partial charge in [-0.3, -0.25) is 9.59 Å². The number of ketones is 2. The van der Waals surface area contributed by atoms with Gasteiger partial charge in [-0.25, -0.2) is 0 Å². The molecule has 3 nitrogen and oxygen atoms in total. The molecule has 0 aromatic heterocycles. The average molecular weight is 252 g/mol. The fraction of sp³-hybridized carbons (Fsp3) is 0.286. The van der Waals surface area contributed by atoms with Crippen molar-refractivity contribution in [1.29, 1.82) is 0 Å². The van der Waals surface area contributed by atoms with Crippen LogP contribution in [-0.2, 0) is 0 Å². The van der Waals surface area contributed by atoms with Crippen molar-refractivity contribution < 1.29 is 44.3 Å². The number of rotatable bonds is 0. The molecule has 1 aliphatic carbocycles. The molecule has 2 rings (SSSR count). The smallest absolute Gasteiger partial charge is 0.874 e. The van der Waals surface area contributed by atoms with Crippen LogP contribution in [0.3, 0.4) is 0 Å². The van der Waals surface area contributed by atoms with Crippen molar-refractivity contribution in [2.45, 2.75) is 20.8 Å². The van der Waals surface area contributed by atoms with Crippen molar-refractivity contribution >= 4 is 11.6 Å². The Labute approximate surface area is 128 Å². The molecule has 0 N–H and O–H groups in total. The van der Waals surface area contributed by atoms with Crippen LogP contribution in [0, 0.1) is 5.41 Å². The molecule has 0 amide bonds. The summed E-state index contributed by atoms with van der Waals surface area (Å²) >= 11 is 0. The molecule has 0 radical (unpaired) electrons. The first-order valence-corrected chi connectivity index (χ1v) is 5.44. The van der Waals surface area contributed by atoms with Crippen LogP contribution in [-0.4, -0.2) is 11.6 Å². The van der Waals surface area contributed by atoms with Crippen LogP contribution in [0.15, 0.2) is 35.6 Å². The summed E-state index contributed by atoms with van der Waals surface area (Å²) in [6.07, 6.45) is 0. The van der Waals surface area contributed by atoms with Gasteiger partial charge in [-0.2, -0.15) is 0 Å². The second-order valence-corrected chi connectivity index (χ2v) is 5.16. The molecule has 0 aliphatic heterocycles. The molecular formula is C14H13NaO3. The van der Waals surface area contributed by atoms with Gasteiger partial charge in [0, 0.05) is 11.1 Å². The summed E-state index contributed by atoms with van der Waals surface area (Å²) in [6.45, 7) is 5.10. The first-order chi connectivity index (χ1) is 7.84. The zero-order valence-electron chi connectivity index (χ0n) is 11.0. The first-order valence-electron chi connectivity index (χ1n) is 5.44. The van der Waals surface area contributed by atoms with Gasteiger partial charge in [0.2, 0.25) is 0 Å². The van der Waals surface area contributed by atoms with Crippen molar-refractivity contribution in [3.8, 4) is 0 Å². The SMILES string of the molecule is CC(C)(C)C([O-])=C1C(=O)c2ccccc2C1=O.[Na+]. The fourth-order valence-corrected chi connectivity index (χ4v) is 1.83. The van der Waals surface area contributed by atoms with E-state index in [1.807, 2.05) is 0 Å². The predicted octanol–water partition coefficient (Wildman–Crippen LogP) is -1.27.